The highest BCUT2D eigenvalue weighted by Gasteiger charge is 2.29. The number of hydrogen-bond acceptors (Lipinski definition) is 8. The van der Waals surface area contributed by atoms with Crippen molar-refractivity contribution in [2.75, 3.05) is 34.1 Å². The predicted octanol–water partition coefficient (Wildman–Crippen LogP) is 3.50. The number of carbonyl (C=O) groups is 1. The van der Waals surface area contributed by atoms with Crippen molar-refractivity contribution < 1.29 is 28.3 Å². The molecule has 2 aliphatic rings. The van der Waals surface area contributed by atoms with E-state index in [0.717, 1.165) is 18.4 Å². The predicted molar refractivity (Wildman–Crippen MR) is 113 cm³/mol. The molecule has 1 amide bonds. The Balaban J connectivity index is 1.25. The van der Waals surface area contributed by atoms with Gasteiger partial charge in [-0.05, 0) is 43.2 Å². The van der Waals surface area contributed by atoms with Crippen molar-refractivity contribution in [3.63, 3.8) is 0 Å². The smallest absolute Gasteiger partial charge is 0.257 e. The van der Waals surface area contributed by atoms with Gasteiger partial charge in [-0.1, -0.05) is 5.16 Å². The van der Waals surface area contributed by atoms with Crippen LogP contribution in [0, 0.1) is 0 Å². The second-order valence-corrected chi connectivity index (χ2v) is 7.66. The molecule has 0 spiro atoms. The molecule has 2 aromatic carbocycles. The van der Waals surface area contributed by atoms with Crippen LogP contribution < -0.4 is 18.9 Å². The summed E-state index contributed by atoms with van der Waals surface area (Å²) in [7, 11) is 3.13. The van der Waals surface area contributed by atoms with Gasteiger partial charge in [0.15, 0.2) is 11.5 Å². The number of ether oxygens (including phenoxy) is 4. The van der Waals surface area contributed by atoms with E-state index >= 15 is 0 Å². The molecule has 0 bridgehead atoms. The number of amides is 1. The monoisotopic (exact) mass is 437 g/mol. The summed E-state index contributed by atoms with van der Waals surface area (Å²) in [6.45, 7) is 1.41. The largest absolute Gasteiger partial charge is 0.497 e. The van der Waals surface area contributed by atoms with E-state index in [1.54, 1.807) is 32.4 Å². The molecular formula is C23H23N3O6. The number of fused-ring (bicyclic) bond motifs is 1. The molecule has 1 saturated heterocycles. The fourth-order valence-corrected chi connectivity index (χ4v) is 4.03. The molecule has 0 aliphatic carbocycles. The molecule has 2 aliphatic heterocycles. The summed E-state index contributed by atoms with van der Waals surface area (Å²) in [6.07, 6.45) is 1.49. The fourth-order valence-electron chi connectivity index (χ4n) is 4.03. The van der Waals surface area contributed by atoms with E-state index in [1.165, 1.54) is 0 Å². The summed E-state index contributed by atoms with van der Waals surface area (Å²) in [5.74, 6) is 3.68. The number of methoxy groups -OCH3 is 2. The first-order valence-electron chi connectivity index (χ1n) is 10.4. The van der Waals surface area contributed by atoms with Gasteiger partial charge in [0.25, 0.3) is 5.91 Å². The third kappa shape index (κ3) is 3.70. The first kappa shape index (κ1) is 20.2. The van der Waals surface area contributed by atoms with Crippen LogP contribution in [0.5, 0.6) is 23.0 Å². The fraction of sp³-hybridized carbons (Fsp3) is 0.348. The number of piperidine rings is 1. The lowest BCUT2D eigenvalue weighted by Gasteiger charge is -2.30. The van der Waals surface area contributed by atoms with E-state index in [9.17, 15) is 4.79 Å². The quantitative estimate of drug-likeness (QED) is 0.598. The Bertz CT molecular complexity index is 1140. The molecule has 166 valence electrons. The van der Waals surface area contributed by atoms with Gasteiger partial charge in [0, 0.05) is 30.6 Å². The van der Waals surface area contributed by atoms with Crippen LogP contribution in [-0.2, 0) is 0 Å². The van der Waals surface area contributed by atoms with Gasteiger partial charge in [-0.25, -0.2) is 0 Å². The Labute approximate surface area is 184 Å². The molecule has 9 heteroatoms. The highest BCUT2D eigenvalue weighted by Crippen LogP contribution is 2.36. The molecule has 0 radical (unpaired) electrons. The topological polar surface area (TPSA) is 96.2 Å². The number of likely N-dealkylation sites (tertiary alicyclic amines) is 1. The van der Waals surface area contributed by atoms with Gasteiger partial charge in [0.1, 0.15) is 11.5 Å². The van der Waals surface area contributed by atoms with Gasteiger partial charge < -0.3 is 28.4 Å². The second-order valence-electron chi connectivity index (χ2n) is 7.66. The van der Waals surface area contributed by atoms with E-state index in [2.05, 4.69) is 10.1 Å². The molecule has 3 aromatic rings. The maximum absolute atomic E-state index is 13.0. The molecule has 0 N–H and O–H groups in total. The van der Waals surface area contributed by atoms with Gasteiger partial charge in [-0.3, -0.25) is 4.79 Å². The second kappa shape index (κ2) is 8.41. The molecule has 1 fully saturated rings. The Morgan fingerprint density at radius 2 is 1.84 bits per heavy atom. The molecule has 0 unspecified atom stereocenters. The van der Waals surface area contributed by atoms with Crippen molar-refractivity contribution in [3.05, 3.63) is 47.9 Å². The van der Waals surface area contributed by atoms with Crippen LogP contribution in [0.2, 0.25) is 0 Å². The third-order valence-electron chi connectivity index (χ3n) is 5.84. The summed E-state index contributed by atoms with van der Waals surface area (Å²) < 4.78 is 26.9. The maximum atomic E-state index is 13.0. The van der Waals surface area contributed by atoms with Gasteiger partial charge in [-0.15, -0.1) is 0 Å². The van der Waals surface area contributed by atoms with Crippen molar-refractivity contribution in [1.82, 2.24) is 15.0 Å². The number of aromatic nitrogens is 2. The maximum Gasteiger partial charge on any atom is 0.257 e. The molecular weight excluding hydrogens is 414 g/mol. The third-order valence-corrected chi connectivity index (χ3v) is 5.84. The highest BCUT2D eigenvalue weighted by molar-refractivity contribution is 5.97. The van der Waals surface area contributed by atoms with E-state index in [-0.39, 0.29) is 18.6 Å². The molecule has 3 heterocycles. The van der Waals surface area contributed by atoms with Crippen molar-refractivity contribution >= 4 is 5.91 Å². The first-order chi connectivity index (χ1) is 15.7. The van der Waals surface area contributed by atoms with Crippen LogP contribution in [0.1, 0.15) is 35.0 Å². The number of benzene rings is 2. The lowest BCUT2D eigenvalue weighted by atomic mass is 9.96. The van der Waals surface area contributed by atoms with E-state index in [0.29, 0.717) is 53.4 Å². The Hall–Kier alpha value is -3.75. The SMILES string of the molecule is COc1ccc(C(=O)N2CCC(c3nc(-c4ccc5c(c4)OCO5)no3)CC2)c(OC)c1. The minimum absolute atomic E-state index is 0.0606. The standard InChI is InChI=1S/C23H23N3O6/c1-28-16-4-5-17(19(12-16)29-2)23(27)26-9-7-14(8-10-26)22-24-21(25-32-22)15-3-6-18-20(11-15)31-13-30-18/h3-6,11-12,14H,7-10,13H2,1-2H3. The normalized spacial score (nSPS) is 15.6. The number of rotatable bonds is 5. The molecule has 1 aromatic heterocycles. The molecule has 32 heavy (non-hydrogen) atoms. The zero-order chi connectivity index (χ0) is 22.1. The zero-order valence-electron chi connectivity index (χ0n) is 17.9. The van der Waals surface area contributed by atoms with Crippen LogP contribution in [-0.4, -0.2) is 55.0 Å². The minimum atomic E-state index is -0.0606. The average Bonchev–Trinajstić information content (AvgIpc) is 3.52. The summed E-state index contributed by atoms with van der Waals surface area (Å²) in [5.41, 5.74) is 1.33. The minimum Gasteiger partial charge on any atom is -0.497 e. The Morgan fingerprint density at radius 3 is 2.62 bits per heavy atom. The average molecular weight is 437 g/mol. The molecule has 0 saturated carbocycles. The number of nitrogens with zero attached hydrogens (tertiary/aromatic N) is 3. The number of hydrogen-bond donors (Lipinski definition) is 0. The van der Waals surface area contributed by atoms with Crippen molar-refractivity contribution in [2.45, 2.75) is 18.8 Å². The highest BCUT2D eigenvalue weighted by atomic mass is 16.7. The summed E-state index contributed by atoms with van der Waals surface area (Å²) >= 11 is 0. The number of carbonyl (C=O) groups excluding carboxylic acids is 1. The Morgan fingerprint density at radius 1 is 1.03 bits per heavy atom. The summed E-state index contributed by atoms with van der Waals surface area (Å²) in [6, 6.07) is 10.8. The Kier molecular flexibility index (Phi) is 5.30. The van der Waals surface area contributed by atoms with E-state index in [1.807, 2.05) is 23.1 Å². The molecule has 0 atom stereocenters. The summed E-state index contributed by atoms with van der Waals surface area (Å²) in [4.78, 5) is 19.5. The van der Waals surface area contributed by atoms with Gasteiger partial charge >= 0.3 is 0 Å². The van der Waals surface area contributed by atoms with E-state index in [4.69, 9.17) is 23.5 Å². The summed E-state index contributed by atoms with van der Waals surface area (Å²) in [5, 5.41) is 4.14. The van der Waals surface area contributed by atoms with Gasteiger partial charge in [0.2, 0.25) is 18.5 Å². The molecule has 9 nitrogen and oxygen atoms in total. The van der Waals surface area contributed by atoms with Crippen LogP contribution >= 0.6 is 0 Å². The molecule has 5 rings (SSSR count). The van der Waals surface area contributed by atoms with Crippen molar-refractivity contribution in [2.24, 2.45) is 0 Å². The van der Waals surface area contributed by atoms with Gasteiger partial charge in [0.05, 0.1) is 19.8 Å². The van der Waals surface area contributed by atoms with Crippen LogP contribution in [0.4, 0.5) is 0 Å². The van der Waals surface area contributed by atoms with Crippen LogP contribution in [0.25, 0.3) is 11.4 Å². The van der Waals surface area contributed by atoms with Crippen LogP contribution in [0.15, 0.2) is 40.9 Å². The van der Waals surface area contributed by atoms with E-state index < -0.39 is 0 Å². The van der Waals surface area contributed by atoms with Crippen molar-refractivity contribution in [3.8, 4) is 34.4 Å². The lowest BCUT2D eigenvalue weighted by Crippen LogP contribution is -2.38. The zero-order valence-corrected chi connectivity index (χ0v) is 17.9. The lowest BCUT2D eigenvalue weighted by molar-refractivity contribution is 0.0701. The van der Waals surface area contributed by atoms with Gasteiger partial charge in [-0.2, -0.15) is 4.98 Å². The van der Waals surface area contributed by atoms with Crippen LogP contribution in [0.3, 0.4) is 0 Å². The van der Waals surface area contributed by atoms with Crippen molar-refractivity contribution in [1.29, 1.82) is 0 Å². The first-order valence-corrected chi connectivity index (χ1v) is 10.4.